The molecule has 4 nitrogen and oxygen atoms in total. The molecule has 2 amide bonds. The molecule has 0 heterocycles. The van der Waals surface area contributed by atoms with E-state index >= 15 is 0 Å². The van der Waals surface area contributed by atoms with Gasteiger partial charge in [0.1, 0.15) is 6.04 Å². The Morgan fingerprint density at radius 3 is 2.42 bits per heavy atom. The van der Waals surface area contributed by atoms with Gasteiger partial charge < -0.3 is 10.2 Å². The first-order valence-electron chi connectivity index (χ1n) is 11.5. The van der Waals surface area contributed by atoms with Crippen molar-refractivity contribution in [3.8, 4) is 0 Å². The molecular weight excluding hydrogens is 475 g/mol. The van der Waals surface area contributed by atoms with Crippen molar-refractivity contribution >= 4 is 46.8 Å². The van der Waals surface area contributed by atoms with E-state index in [1.165, 1.54) is 11.8 Å². The van der Waals surface area contributed by atoms with Gasteiger partial charge >= 0.3 is 0 Å². The van der Waals surface area contributed by atoms with E-state index in [4.69, 9.17) is 23.2 Å². The lowest BCUT2D eigenvalue weighted by molar-refractivity contribution is -0.139. The molecule has 33 heavy (non-hydrogen) atoms. The number of rotatable bonds is 10. The number of aryl methyl sites for hydroxylation is 1. The summed E-state index contributed by atoms with van der Waals surface area (Å²) in [7, 11) is 0. The van der Waals surface area contributed by atoms with Crippen molar-refractivity contribution in [1.29, 1.82) is 0 Å². The molecule has 0 bridgehead atoms. The maximum atomic E-state index is 13.4. The van der Waals surface area contributed by atoms with Crippen LogP contribution in [0.3, 0.4) is 0 Å². The molecular formula is C26H32Cl2N2O2S. The van der Waals surface area contributed by atoms with Gasteiger partial charge in [-0.25, -0.2) is 0 Å². The van der Waals surface area contributed by atoms with Crippen molar-refractivity contribution in [3.63, 3.8) is 0 Å². The molecule has 1 atom stereocenters. The SMILES string of the molecule is CC[C@H](C(=O)NC1CCCC1)N(Cc1cccc(C)c1)C(=O)CSCc1c(Cl)cccc1Cl. The van der Waals surface area contributed by atoms with Gasteiger partial charge in [-0.3, -0.25) is 9.59 Å². The van der Waals surface area contributed by atoms with E-state index in [2.05, 4.69) is 11.4 Å². The number of hydrogen-bond acceptors (Lipinski definition) is 3. The molecule has 1 saturated carbocycles. The molecule has 178 valence electrons. The molecule has 1 fully saturated rings. The minimum Gasteiger partial charge on any atom is -0.352 e. The number of nitrogens with zero attached hydrogens (tertiary/aromatic N) is 1. The van der Waals surface area contributed by atoms with Gasteiger partial charge in [0.15, 0.2) is 0 Å². The van der Waals surface area contributed by atoms with E-state index in [0.717, 1.165) is 42.4 Å². The summed E-state index contributed by atoms with van der Waals surface area (Å²) >= 11 is 14.0. The van der Waals surface area contributed by atoms with Gasteiger partial charge in [-0.15, -0.1) is 11.8 Å². The Morgan fingerprint density at radius 2 is 1.79 bits per heavy atom. The van der Waals surface area contributed by atoms with Gasteiger partial charge in [0.2, 0.25) is 11.8 Å². The zero-order valence-electron chi connectivity index (χ0n) is 19.3. The number of carbonyl (C=O) groups excluding carboxylic acids is 2. The average Bonchev–Trinajstić information content (AvgIpc) is 3.28. The van der Waals surface area contributed by atoms with E-state index in [-0.39, 0.29) is 23.6 Å². The van der Waals surface area contributed by atoms with E-state index in [0.29, 0.717) is 28.8 Å². The normalized spacial score (nSPS) is 14.8. The van der Waals surface area contributed by atoms with E-state index in [9.17, 15) is 9.59 Å². The summed E-state index contributed by atoms with van der Waals surface area (Å²) < 4.78 is 0. The highest BCUT2D eigenvalue weighted by atomic mass is 35.5. The lowest BCUT2D eigenvalue weighted by atomic mass is 10.1. The van der Waals surface area contributed by atoms with Crippen LogP contribution in [0.4, 0.5) is 0 Å². The minimum absolute atomic E-state index is 0.0513. The van der Waals surface area contributed by atoms with E-state index in [1.54, 1.807) is 17.0 Å². The van der Waals surface area contributed by atoms with Crippen molar-refractivity contribution in [1.82, 2.24) is 10.2 Å². The van der Waals surface area contributed by atoms with Gasteiger partial charge in [0.05, 0.1) is 5.75 Å². The number of amides is 2. The third-order valence-electron chi connectivity index (χ3n) is 6.06. The molecule has 0 radical (unpaired) electrons. The molecule has 7 heteroatoms. The minimum atomic E-state index is -0.497. The molecule has 0 aromatic heterocycles. The number of nitrogens with one attached hydrogen (secondary N) is 1. The summed E-state index contributed by atoms with van der Waals surface area (Å²) in [6, 6.07) is 13.2. The second kappa shape index (κ2) is 12.7. The molecule has 1 aliphatic rings. The van der Waals surface area contributed by atoms with Crippen molar-refractivity contribution in [2.75, 3.05) is 5.75 Å². The summed E-state index contributed by atoms with van der Waals surface area (Å²) in [5.41, 5.74) is 2.98. The predicted molar refractivity (Wildman–Crippen MR) is 139 cm³/mol. The van der Waals surface area contributed by atoms with Crippen LogP contribution in [0.15, 0.2) is 42.5 Å². The average molecular weight is 508 g/mol. The van der Waals surface area contributed by atoms with Crippen LogP contribution in [0.2, 0.25) is 10.0 Å². The highest BCUT2D eigenvalue weighted by Gasteiger charge is 2.30. The van der Waals surface area contributed by atoms with Gasteiger partial charge in [-0.05, 0) is 49.4 Å². The van der Waals surface area contributed by atoms with Crippen molar-refractivity contribution in [2.45, 2.75) is 70.3 Å². The molecule has 2 aromatic carbocycles. The Morgan fingerprint density at radius 1 is 1.12 bits per heavy atom. The summed E-state index contributed by atoms with van der Waals surface area (Å²) in [5, 5.41) is 4.38. The maximum Gasteiger partial charge on any atom is 0.243 e. The molecule has 0 unspecified atom stereocenters. The lowest BCUT2D eigenvalue weighted by Crippen LogP contribution is -2.51. The second-order valence-electron chi connectivity index (χ2n) is 8.62. The Balaban J connectivity index is 1.73. The van der Waals surface area contributed by atoms with Crippen molar-refractivity contribution in [2.24, 2.45) is 0 Å². The van der Waals surface area contributed by atoms with Gasteiger partial charge in [0, 0.05) is 28.4 Å². The first-order chi connectivity index (χ1) is 15.9. The fourth-order valence-electron chi connectivity index (χ4n) is 4.29. The number of hydrogen-bond donors (Lipinski definition) is 1. The zero-order chi connectivity index (χ0) is 23.8. The van der Waals surface area contributed by atoms with E-state index < -0.39 is 6.04 Å². The number of halogens is 2. The largest absolute Gasteiger partial charge is 0.352 e. The van der Waals surface area contributed by atoms with Crippen molar-refractivity contribution in [3.05, 3.63) is 69.2 Å². The first kappa shape index (κ1) is 25.9. The van der Waals surface area contributed by atoms with Gasteiger partial charge in [0.25, 0.3) is 0 Å². The third kappa shape index (κ3) is 7.40. The fraction of sp³-hybridized carbons (Fsp3) is 0.462. The smallest absolute Gasteiger partial charge is 0.243 e. The van der Waals surface area contributed by atoms with Crippen LogP contribution in [-0.4, -0.2) is 34.6 Å². The predicted octanol–water partition coefficient (Wildman–Crippen LogP) is 6.40. The molecule has 0 aliphatic heterocycles. The highest BCUT2D eigenvalue weighted by Crippen LogP contribution is 2.28. The fourth-order valence-corrected chi connectivity index (χ4v) is 5.93. The summed E-state index contributed by atoms with van der Waals surface area (Å²) in [6.45, 7) is 4.40. The molecule has 0 saturated heterocycles. The van der Waals surface area contributed by atoms with Crippen LogP contribution in [0.25, 0.3) is 0 Å². The summed E-state index contributed by atoms with van der Waals surface area (Å²) in [6.07, 6.45) is 4.89. The molecule has 1 N–H and O–H groups in total. The highest BCUT2D eigenvalue weighted by molar-refractivity contribution is 7.99. The lowest BCUT2D eigenvalue weighted by Gasteiger charge is -2.31. The van der Waals surface area contributed by atoms with Crippen molar-refractivity contribution < 1.29 is 9.59 Å². The van der Waals surface area contributed by atoms with Crippen LogP contribution >= 0.6 is 35.0 Å². The van der Waals surface area contributed by atoms with Crippen LogP contribution < -0.4 is 5.32 Å². The third-order valence-corrected chi connectivity index (χ3v) is 7.71. The van der Waals surface area contributed by atoms with Crippen LogP contribution in [-0.2, 0) is 21.9 Å². The summed E-state index contributed by atoms with van der Waals surface area (Å²) in [5.74, 6) is 0.677. The molecule has 0 spiro atoms. The Hall–Kier alpha value is -1.69. The van der Waals surface area contributed by atoms with Gasteiger partial charge in [-0.2, -0.15) is 0 Å². The standard InChI is InChI=1S/C26H32Cl2N2O2S/c1-3-24(26(32)29-20-10-4-5-11-20)30(15-19-9-6-8-18(2)14-19)25(31)17-33-16-21-22(27)12-7-13-23(21)28/h6-9,12-14,20,24H,3-5,10-11,15-17H2,1-2H3,(H,29,32)/t24-/m1/s1. The Bertz CT molecular complexity index is 943. The van der Waals surface area contributed by atoms with Crippen LogP contribution in [0.1, 0.15) is 55.7 Å². The molecule has 2 aromatic rings. The number of thioether (sulfide) groups is 1. The zero-order valence-corrected chi connectivity index (χ0v) is 21.6. The molecule has 3 rings (SSSR count). The quantitative estimate of drug-likeness (QED) is 0.405. The monoisotopic (exact) mass is 506 g/mol. The Kier molecular flexibility index (Phi) is 9.96. The van der Waals surface area contributed by atoms with E-state index in [1.807, 2.05) is 38.1 Å². The second-order valence-corrected chi connectivity index (χ2v) is 10.4. The summed E-state index contributed by atoms with van der Waals surface area (Å²) in [4.78, 5) is 28.3. The first-order valence-corrected chi connectivity index (χ1v) is 13.5. The Labute approximate surface area is 211 Å². The molecule has 1 aliphatic carbocycles. The van der Waals surface area contributed by atoms with Gasteiger partial charge in [-0.1, -0.05) is 78.9 Å². The maximum absolute atomic E-state index is 13.4. The van der Waals surface area contributed by atoms with Crippen LogP contribution in [0.5, 0.6) is 0 Å². The van der Waals surface area contributed by atoms with Crippen LogP contribution in [0, 0.1) is 6.92 Å². The number of benzene rings is 2. The number of carbonyl (C=O) groups is 2. The topological polar surface area (TPSA) is 49.4 Å².